The van der Waals surface area contributed by atoms with Gasteiger partial charge in [-0.1, -0.05) is 0 Å². The highest BCUT2D eigenvalue weighted by Gasteiger charge is 2.24. The number of ether oxygens (including phenoxy) is 1. The highest BCUT2D eigenvalue weighted by Crippen LogP contribution is 2.29. The third kappa shape index (κ3) is 3.55. The van der Waals surface area contributed by atoms with Crippen molar-refractivity contribution in [3.05, 3.63) is 47.0 Å². The normalized spacial score (nSPS) is 16.1. The van der Waals surface area contributed by atoms with Crippen LogP contribution in [0.15, 0.2) is 24.4 Å². The lowest BCUT2D eigenvalue weighted by Crippen LogP contribution is -2.32. The summed E-state index contributed by atoms with van der Waals surface area (Å²) < 4.78 is 18.7. The van der Waals surface area contributed by atoms with E-state index in [4.69, 9.17) is 4.74 Å². The van der Waals surface area contributed by atoms with Crippen molar-refractivity contribution >= 4 is 11.9 Å². The van der Waals surface area contributed by atoms with Crippen molar-refractivity contribution in [1.29, 1.82) is 0 Å². The Morgan fingerprint density at radius 2 is 2.20 bits per heavy atom. The number of halogens is 1. The molecule has 1 aromatic carbocycles. The first-order valence-electron chi connectivity index (χ1n) is 8.17. The average Bonchev–Trinajstić information content (AvgIpc) is 2.61. The lowest BCUT2D eigenvalue weighted by Gasteiger charge is -2.26. The number of carbonyl (C=O) groups is 1. The number of amides is 1. The Hall–Kier alpha value is -2.70. The van der Waals surface area contributed by atoms with Crippen LogP contribution in [0, 0.1) is 5.82 Å². The summed E-state index contributed by atoms with van der Waals surface area (Å²) in [6.07, 6.45) is 4.37. The zero-order valence-corrected chi connectivity index (χ0v) is 14.5. The van der Waals surface area contributed by atoms with E-state index in [1.807, 2.05) is 19.0 Å². The number of aryl methyl sites for hydroxylation is 1. The highest BCUT2D eigenvalue weighted by molar-refractivity contribution is 5.94. The Kier molecular flexibility index (Phi) is 4.83. The van der Waals surface area contributed by atoms with Crippen LogP contribution in [0.2, 0.25) is 0 Å². The number of anilines is 1. The predicted molar refractivity (Wildman–Crippen MR) is 92.5 cm³/mol. The fraction of sp³-hybridized carbons (Fsp3) is 0.389. The minimum Gasteiger partial charge on any atom is -0.494 e. The summed E-state index contributed by atoms with van der Waals surface area (Å²) in [7, 11) is 5.17. The van der Waals surface area contributed by atoms with Crippen molar-refractivity contribution in [1.82, 2.24) is 15.3 Å². The monoisotopic (exact) mass is 344 g/mol. The third-order valence-electron chi connectivity index (χ3n) is 4.29. The van der Waals surface area contributed by atoms with E-state index in [1.54, 1.807) is 12.3 Å². The van der Waals surface area contributed by atoms with Gasteiger partial charge < -0.3 is 15.0 Å². The molecule has 0 fully saturated rings. The van der Waals surface area contributed by atoms with Crippen LogP contribution >= 0.6 is 0 Å². The lowest BCUT2D eigenvalue weighted by atomic mass is 9.92. The molecule has 3 rings (SSSR count). The molecule has 0 radical (unpaired) electrons. The number of fused-ring (bicyclic) bond motifs is 1. The quantitative estimate of drug-likeness (QED) is 0.923. The molecule has 1 aliphatic carbocycles. The van der Waals surface area contributed by atoms with Crippen LogP contribution < -0.4 is 15.0 Å². The molecule has 25 heavy (non-hydrogen) atoms. The van der Waals surface area contributed by atoms with Gasteiger partial charge in [-0.05, 0) is 37.5 Å². The molecule has 1 heterocycles. The second kappa shape index (κ2) is 7.04. The highest BCUT2D eigenvalue weighted by atomic mass is 19.1. The molecule has 132 valence electrons. The van der Waals surface area contributed by atoms with Crippen LogP contribution in [0.1, 0.15) is 40.5 Å². The van der Waals surface area contributed by atoms with Crippen LogP contribution in [-0.2, 0) is 6.42 Å². The number of rotatable bonds is 4. The molecule has 0 spiro atoms. The van der Waals surface area contributed by atoms with Crippen molar-refractivity contribution in [3.63, 3.8) is 0 Å². The zero-order valence-electron chi connectivity index (χ0n) is 14.5. The number of aromatic nitrogens is 2. The van der Waals surface area contributed by atoms with Crippen molar-refractivity contribution in [2.45, 2.75) is 25.3 Å². The molecule has 1 unspecified atom stereocenters. The van der Waals surface area contributed by atoms with Gasteiger partial charge in [0, 0.05) is 31.4 Å². The van der Waals surface area contributed by atoms with Gasteiger partial charge in [-0.25, -0.2) is 14.4 Å². The molecule has 0 bridgehead atoms. The number of nitrogens with zero attached hydrogens (tertiary/aromatic N) is 3. The molecule has 1 N–H and O–H groups in total. The maximum atomic E-state index is 13.8. The van der Waals surface area contributed by atoms with Crippen LogP contribution in [0.5, 0.6) is 5.75 Å². The maximum absolute atomic E-state index is 13.8. The Balaban J connectivity index is 1.80. The predicted octanol–water partition coefficient (Wildman–Crippen LogP) is 2.50. The second-order valence-electron chi connectivity index (χ2n) is 6.23. The third-order valence-corrected chi connectivity index (χ3v) is 4.29. The molecular weight excluding hydrogens is 323 g/mol. The van der Waals surface area contributed by atoms with E-state index < -0.39 is 5.82 Å². The van der Waals surface area contributed by atoms with Gasteiger partial charge >= 0.3 is 0 Å². The summed E-state index contributed by atoms with van der Waals surface area (Å²) in [6.45, 7) is 0. The minimum atomic E-state index is -0.557. The van der Waals surface area contributed by atoms with Gasteiger partial charge in [0.15, 0.2) is 11.6 Å². The summed E-state index contributed by atoms with van der Waals surface area (Å²) in [4.78, 5) is 23.2. The minimum absolute atomic E-state index is 0.115. The molecule has 7 heteroatoms. The van der Waals surface area contributed by atoms with E-state index in [2.05, 4.69) is 15.3 Å². The molecule has 0 saturated carbocycles. The number of hydrogen-bond donors (Lipinski definition) is 1. The number of benzene rings is 1. The number of nitrogens with one attached hydrogen (secondary N) is 1. The molecular formula is C18H21FN4O2. The van der Waals surface area contributed by atoms with Crippen molar-refractivity contribution < 1.29 is 13.9 Å². The van der Waals surface area contributed by atoms with Gasteiger partial charge in [-0.3, -0.25) is 4.79 Å². The zero-order chi connectivity index (χ0) is 18.0. The molecule has 6 nitrogen and oxygen atoms in total. The number of carbonyl (C=O) groups excluding carboxylic acids is 1. The van der Waals surface area contributed by atoms with Gasteiger partial charge in [0.2, 0.25) is 5.95 Å². The van der Waals surface area contributed by atoms with Crippen molar-refractivity contribution in [2.24, 2.45) is 0 Å². The van der Waals surface area contributed by atoms with E-state index >= 15 is 0 Å². The Labute approximate surface area is 146 Å². The summed E-state index contributed by atoms with van der Waals surface area (Å²) in [6, 6.07) is 4.01. The molecule has 2 aromatic rings. The summed E-state index contributed by atoms with van der Waals surface area (Å²) in [5.41, 5.74) is 2.14. The fourth-order valence-corrected chi connectivity index (χ4v) is 2.95. The van der Waals surface area contributed by atoms with Crippen LogP contribution in [0.25, 0.3) is 0 Å². The second-order valence-corrected chi connectivity index (χ2v) is 6.23. The topological polar surface area (TPSA) is 67.3 Å². The van der Waals surface area contributed by atoms with Gasteiger partial charge in [0.1, 0.15) is 0 Å². The molecule has 1 amide bonds. The smallest absolute Gasteiger partial charge is 0.251 e. The average molecular weight is 344 g/mol. The van der Waals surface area contributed by atoms with E-state index in [1.165, 1.54) is 19.2 Å². The molecule has 1 aliphatic rings. The summed E-state index contributed by atoms with van der Waals surface area (Å²) in [5.74, 6) is -0.110. The lowest BCUT2D eigenvalue weighted by molar-refractivity contribution is 0.0932. The summed E-state index contributed by atoms with van der Waals surface area (Å²) in [5, 5.41) is 2.96. The van der Waals surface area contributed by atoms with Gasteiger partial charge in [0.25, 0.3) is 5.91 Å². The Morgan fingerprint density at radius 3 is 2.88 bits per heavy atom. The molecule has 1 atom stereocenters. The van der Waals surface area contributed by atoms with E-state index in [-0.39, 0.29) is 23.3 Å². The first-order valence-corrected chi connectivity index (χ1v) is 8.17. The molecule has 0 saturated heterocycles. The number of methoxy groups -OCH3 is 1. The van der Waals surface area contributed by atoms with Crippen LogP contribution in [0.4, 0.5) is 10.3 Å². The van der Waals surface area contributed by atoms with Crippen LogP contribution in [-0.4, -0.2) is 37.1 Å². The first kappa shape index (κ1) is 17.1. The summed E-state index contributed by atoms with van der Waals surface area (Å²) >= 11 is 0. The Morgan fingerprint density at radius 1 is 1.40 bits per heavy atom. The van der Waals surface area contributed by atoms with Crippen LogP contribution in [0.3, 0.4) is 0 Å². The maximum Gasteiger partial charge on any atom is 0.251 e. The molecule has 1 aromatic heterocycles. The van der Waals surface area contributed by atoms with Gasteiger partial charge in [-0.15, -0.1) is 0 Å². The fourth-order valence-electron chi connectivity index (χ4n) is 2.95. The first-order chi connectivity index (χ1) is 12.0. The number of hydrogen-bond acceptors (Lipinski definition) is 5. The SMILES string of the molecule is COc1ccc(C(=O)NC2CCCc3nc(N(C)C)ncc32)cc1F. The van der Waals surface area contributed by atoms with Crippen molar-refractivity contribution in [3.8, 4) is 5.75 Å². The standard InChI is InChI=1S/C18H21FN4O2/c1-23(2)18-20-10-12-14(5-4-6-15(12)22-18)21-17(24)11-7-8-16(25-3)13(19)9-11/h7-10,14H,4-6H2,1-3H3,(H,21,24). The van der Waals surface area contributed by atoms with E-state index in [9.17, 15) is 9.18 Å². The Bertz CT molecular complexity index is 795. The van der Waals surface area contributed by atoms with E-state index in [0.29, 0.717) is 5.95 Å². The van der Waals surface area contributed by atoms with Gasteiger partial charge in [0.05, 0.1) is 18.8 Å². The largest absolute Gasteiger partial charge is 0.494 e. The molecule has 0 aliphatic heterocycles. The van der Waals surface area contributed by atoms with Crippen molar-refractivity contribution in [2.75, 3.05) is 26.1 Å². The van der Waals surface area contributed by atoms with Gasteiger partial charge in [-0.2, -0.15) is 0 Å². The van der Waals surface area contributed by atoms with E-state index in [0.717, 1.165) is 30.5 Å².